The molecule has 1 saturated carbocycles. The molecule has 5 amide bonds. The number of piperidine rings is 1. The highest BCUT2D eigenvalue weighted by Gasteiger charge is 2.52. The smallest absolute Gasteiger partial charge is 0.325 e. The number of likely N-dealkylation sites (tertiary alicyclic amines) is 1. The molecular weight excluding hydrogens is 396 g/mol. The lowest BCUT2D eigenvalue weighted by atomic mass is 9.77. The molecule has 8 heteroatoms. The van der Waals surface area contributed by atoms with Crippen molar-refractivity contribution in [3.8, 4) is 0 Å². The molecule has 2 saturated heterocycles. The highest BCUT2D eigenvalue weighted by atomic mass is 16.2. The average Bonchev–Trinajstić information content (AvgIpc) is 3.00. The molecule has 1 aromatic carbocycles. The number of carbonyl (C=O) groups excluding carboxylic acids is 4. The first-order chi connectivity index (χ1) is 14.9. The summed E-state index contributed by atoms with van der Waals surface area (Å²) in [4.78, 5) is 53.4. The Bertz CT molecular complexity index is 856. The summed E-state index contributed by atoms with van der Waals surface area (Å²) in [5.41, 5.74) is -0.0672. The number of nitrogens with zero attached hydrogens (tertiary/aromatic N) is 2. The van der Waals surface area contributed by atoms with Crippen LogP contribution in [0.25, 0.3) is 0 Å². The van der Waals surface area contributed by atoms with Crippen LogP contribution in [0.4, 0.5) is 10.5 Å². The Morgan fingerprint density at radius 2 is 1.71 bits per heavy atom. The standard InChI is InChI=1S/C23H30N4O4/c1-16-7-11-23(12-8-16)21(30)27(22(31)25-23)15-19(28)26-13-9-17(10-14-26)20(29)24-18-5-3-2-4-6-18/h2-6,16-17H,7-15H2,1H3,(H,24,29)(H,25,31). The highest BCUT2D eigenvalue weighted by molar-refractivity contribution is 6.09. The summed E-state index contributed by atoms with van der Waals surface area (Å²) in [6, 6.07) is 8.84. The molecule has 31 heavy (non-hydrogen) atoms. The van der Waals surface area contributed by atoms with Gasteiger partial charge in [-0.15, -0.1) is 0 Å². The normalized spacial score (nSPS) is 26.8. The van der Waals surface area contributed by atoms with Crippen LogP contribution < -0.4 is 10.6 Å². The van der Waals surface area contributed by atoms with Crippen molar-refractivity contribution in [3.63, 3.8) is 0 Å². The lowest BCUT2D eigenvalue weighted by Crippen LogP contribution is -2.50. The van der Waals surface area contributed by atoms with Crippen LogP contribution in [0.1, 0.15) is 45.4 Å². The zero-order valence-corrected chi connectivity index (χ0v) is 17.9. The first-order valence-electron chi connectivity index (χ1n) is 11.2. The van der Waals surface area contributed by atoms with E-state index in [0.717, 1.165) is 23.4 Å². The van der Waals surface area contributed by atoms with E-state index in [-0.39, 0.29) is 30.2 Å². The molecule has 3 aliphatic rings. The number of para-hydroxylation sites is 1. The molecule has 0 unspecified atom stereocenters. The predicted octanol–water partition coefficient (Wildman–Crippen LogP) is 2.36. The molecule has 1 spiro atoms. The second kappa shape index (κ2) is 8.69. The average molecular weight is 427 g/mol. The minimum absolute atomic E-state index is 0.0409. The van der Waals surface area contributed by atoms with Crippen LogP contribution in [-0.4, -0.2) is 58.7 Å². The number of hydrogen-bond donors (Lipinski definition) is 2. The summed E-state index contributed by atoms with van der Waals surface area (Å²) in [7, 11) is 0. The topological polar surface area (TPSA) is 98.8 Å². The van der Waals surface area contributed by atoms with Crippen LogP contribution in [0.15, 0.2) is 30.3 Å². The van der Waals surface area contributed by atoms with Gasteiger partial charge in [-0.25, -0.2) is 4.79 Å². The second-order valence-corrected chi connectivity index (χ2v) is 9.10. The van der Waals surface area contributed by atoms with Crippen molar-refractivity contribution in [2.24, 2.45) is 11.8 Å². The van der Waals surface area contributed by atoms with Gasteiger partial charge in [0, 0.05) is 24.7 Å². The minimum atomic E-state index is -0.827. The van der Waals surface area contributed by atoms with Crippen LogP contribution in [0.3, 0.4) is 0 Å². The fourth-order valence-corrected chi connectivity index (χ4v) is 4.81. The maximum atomic E-state index is 13.0. The van der Waals surface area contributed by atoms with Crippen LogP contribution in [0.2, 0.25) is 0 Å². The monoisotopic (exact) mass is 426 g/mol. The number of hydrogen-bond acceptors (Lipinski definition) is 4. The fourth-order valence-electron chi connectivity index (χ4n) is 4.81. The first kappa shape index (κ1) is 21.3. The summed E-state index contributed by atoms with van der Waals surface area (Å²) < 4.78 is 0. The third-order valence-electron chi connectivity index (χ3n) is 6.93. The number of nitrogens with one attached hydrogen (secondary N) is 2. The number of carbonyl (C=O) groups is 4. The first-order valence-corrected chi connectivity index (χ1v) is 11.2. The number of imide groups is 1. The maximum Gasteiger partial charge on any atom is 0.325 e. The molecule has 1 aromatic rings. The molecule has 2 aliphatic heterocycles. The summed E-state index contributed by atoms with van der Waals surface area (Å²) >= 11 is 0. The van der Waals surface area contributed by atoms with E-state index in [1.165, 1.54) is 0 Å². The third kappa shape index (κ3) is 4.43. The molecule has 0 atom stereocenters. The molecule has 0 aromatic heterocycles. The van der Waals surface area contributed by atoms with Crippen molar-refractivity contribution < 1.29 is 19.2 Å². The quantitative estimate of drug-likeness (QED) is 0.722. The Morgan fingerprint density at radius 3 is 2.35 bits per heavy atom. The number of benzene rings is 1. The van der Waals surface area contributed by atoms with E-state index in [9.17, 15) is 19.2 Å². The van der Waals surface area contributed by atoms with E-state index in [1.807, 2.05) is 30.3 Å². The van der Waals surface area contributed by atoms with Gasteiger partial charge in [0.2, 0.25) is 11.8 Å². The van der Waals surface area contributed by atoms with E-state index in [4.69, 9.17) is 0 Å². The van der Waals surface area contributed by atoms with Gasteiger partial charge in [-0.1, -0.05) is 25.1 Å². The Hall–Kier alpha value is -2.90. The van der Waals surface area contributed by atoms with Crippen LogP contribution in [0, 0.1) is 11.8 Å². The summed E-state index contributed by atoms with van der Waals surface area (Å²) in [5, 5.41) is 5.77. The minimum Gasteiger partial charge on any atom is -0.341 e. The molecule has 8 nitrogen and oxygen atoms in total. The van der Waals surface area contributed by atoms with Crippen molar-refractivity contribution in [2.75, 3.05) is 25.0 Å². The van der Waals surface area contributed by atoms with Crippen molar-refractivity contribution >= 4 is 29.4 Å². The SMILES string of the molecule is CC1CCC2(CC1)NC(=O)N(CC(=O)N1CCC(C(=O)Nc3ccccc3)CC1)C2=O. The third-order valence-corrected chi connectivity index (χ3v) is 6.93. The highest BCUT2D eigenvalue weighted by Crippen LogP contribution is 2.36. The van der Waals surface area contributed by atoms with Gasteiger partial charge >= 0.3 is 6.03 Å². The van der Waals surface area contributed by atoms with Crippen molar-refractivity contribution in [3.05, 3.63) is 30.3 Å². The Balaban J connectivity index is 1.29. The molecular formula is C23H30N4O4. The lowest BCUT2D eigenvalue weighted by molar-refractivity contribution is -0.140. The van der Waals surface area contributed by atoms with Gasteiger partial charge in [-0.2, -0.15) is 0 Å². The number of rotatable bonds is 4. The Kier molecular flexibility index (Phi) is 5.98. The molecule has 166 valence electrons. The van der Waals surface area contributed by atoms with Crippen molar-refractivity contribution in [1.82, 2.24) is 15.1 Å². The molecule has 2 N–H and O–H groups in total. The summed E-state index contributed by atoms with van der Waals surface area (Å²) in [5.74, 6) is -0.165. The van der Waals surface area contributed by atoms with Gasteiger partial charge in [0.1, 0.15) is 12.1 Å². The van der Waals surface area contributed by atoms with Gasteiger partial charge in [0.25, 0.3) is 5.91 Å². The molecule has 3 fully saturated rings. The van der Waals surface area contributed by atoms with Crippen LogP contribution in [-0.2, 0) is 14.4 Å². The number of amides is 5. The molecule has 0 radical (unpaired) electrons. The molecule has 4 rings (SSSR count). The Labute approximate surface area is 182 Å². The zero-order chi connectivity index (χ0) is 22.0. The van der Waals surface area contributed by atoms with Gasteiger partial charge in [-0.3, -0.25) is 19.3 Å². The van der Waals surface area contributed by atoms with E-state index >= 15 is 0 Å². The van der Waals surface area contributed by atoms with E-state index < -0.39 is 11.6 Å². The summed E-state index contributed by atoms with van der Waals surface area (Å²) in [6.07, 6.45) is 4.17. The van der Waals surface area contributed by atoms with E-state index in [0.29, 0.717) is 44.7 Å². The maximum absolute atomic E-state index is 13.0. The van der Waals surface area contributed by atoms with Gasteiger partial charge in [-0.05, 0) is 56.6 Å². The summed E-state index contributed by atoms with van der Waals surface area (Å²) in [6.45, 7) is 2.80. The predicted molar refractivity (Wildman–Crippen MR) is 115 cm³/mol. The van der Waals surface area contributed by atoms with Crippen molar-refractivity contribution in [2.45, 2.75) is 51.0 Å². The fraction of sp³-hybridized carbons (Fsp3) is 0.565. The lowest BCUT2D eigenvalue weighted by Gasteiger charge is -2.34. The number of urea groups is 1. The van der Waals surface area contributed by atoms with Crippen molar-refractivity contribution in [1.29, 1.82) is 0 Å². The Morgan fingerprint density at radius 1 is 1.06 bits per heavy atom. The molecule has 2 heterocycles. The van der Waals surface area contributed by atoms with Crippen LogP contribution >= 0.6 is 0 Å². The van der Waals surface area contributed by atoms with Crippen LogP contribution in [0.5, 0.6) is 0 Å². The van der Waals surface area contributed by atoms with Gasteiger partial charge < -0.3 is 15.5 Å². The second-order valence-electron chi connectivity index (χ2n) is 9.10. The number of anilines is 1. The van der Waals surface area contributed by atoms with E-state index in [1.54, 1.807) is 4.90 Å². The van der Waals surface area contributed by atoms with Gasteiger partial charge in [0.15, 0.2) is 0 Å². The van der Waals surface area contributed by atoms with E-state index in [2.05, 4.69) is 17.6 Å². The molecule has 0 bridgehead atoms. The van der Waals surface area contributed by atoms with Gasteiger partial charge in [0.05, 0.1) is 0 Å². The molecule has 1 aliphatic carbocycles. The zero-order valence-electron chi connectivity index (χ0n) is 17.9. The largest absolute Gasteiger partial charge is 0.341 e.